The molecule has 0 aliphatic rings. The summed E-state index contributed by atoms with van der Waals surface area (Å²) in [6.07, 6.45) is 0. The summed E-state index contributed by atoms with van der Waals surface area (Å²) >= 11 is 0. The highest BCUT2D eigenvalue weighted by Gasteiger charge is 2.26. The molecule has 0 unspecified atom stereocenters. The second kappa shape index (κ2) is 8.43. The monoisotopic (exact) mass is 427 g/mol. The SMILES string of the molecule is Cc1cc(N(c2c(C)c(C)c(C)c(C)c2C)c2c(C)c(C)c(C)c(C)c2C)cc(C)c1C. The number of hydrogen-bond acceptors (Lipinski definition) is 1. The Balaban J connectivity index is 2.56. The number of anilines is 3. The topological polar surface area (TPSA) is 3.24 Å². The lowest BCUT2D eigenvalue weighted by atomic mass is 9.88. The lowest BCUT2D eigenvalue weighted by molar-refractivity contribution is 1.09. The first kappa shape index (κ1) is 24.1. The third kappa shape index (κ3) is 3.56. The molecule has 0 aliphatic carbocycles. The third-order valence-electron chi connectivity index (χ3n) is 8.54. The molecule has 170 valence electrons. The van der Waals surface area contributed by atoms with E-state index >= 15 is 0 Å². The fraction of sp³-hybridized carbons (Fsp3) is 0.419. The van der Waals surface area contributed by atoms with E-state index in [1.807, 2.05) is 0 Å². The van der Waals surface area contributed by atoms with Crippen LogP contribution in [-0.4, -0.2) is 0 Å². The van der Waals surface area contributed by atoms with E-state index in [0.717, 1.165) is 0 Å². The number of benzene rings is 3. The smallest absolute Gasteiger partial charge is 0.0525 e. The Morgan fingerprint density at radius 1 is 0.344 bits per heavy atom. The van der Waals surface area contributed by atoms with E-state index in [0.29, 0.717) is 0 Å². The maximum Gasteiger partial charge on any atom is 0.0525 e. The molecule has 0 radical (unpaired) electrons. The summed E-state index contributed by atoms with van der Waals surface area (Å²) in [7, 11) is 0. The van der Waals surface area contributed by atoms with E-state index in [-0.39, 0.29) is 0 Å². The van der Waals surface area contributed by atoms with Crippen molar-refractivity contribution in [1.82, 2.24) is 0 Å². The molecule has 0 amide bonds. The summed E-state index contributed by atoms with van der Waals surface area (Å²) in [5, 5.41) is 0. The predicted octanol–water partition coefficient (Wildman–Crippen LogP) is 9.17. The first-order chi connectivity index (χ1) is 14.8. The molecule has 0 saturated carbocycles. The third-order valence-corrected chi connectivity index (χ3v) is 8.54. The molecule has 0 spiro atoms. The molecule has 0 N–H and O–H groups in total. The molecule has 0 fully saturated rings. The zero-order valence-electron chi connectivity index (χ0n) is 22.6. The molecule has 0 atom stereocenters. The van der Waals surface area contributed by atoms with Crippen LogP contribution in [0.2, 0.25) is 0 Å². The van der Waals surface area contributed by atoms with Gasteiger partial charge in [0.25, 0.3) is 0 Å². The molecular weight excluding hydrogens is 386 g/mol. The van der Waals surface area contributed by atoms with Crippen LogP contribution in [0.3, 0.4) is 0 Å². The van der Waals surface area contributed by atoms with E-state index < -0.39 is 0 Å². The Labute approximate surface area is 196 Å². The average molecular weight is 428 g/mol. The van der Waals surface area contributed by atoms with Crippen molar-refractivity contribution in [1.29, 1.82) is 0 Å². The molecule has 0 aliphatic heterocycles. The van der Waals surface area contributed by atoms with Crippen LogP contribution >= 0.6 is 0 Å². The lowest BCUT2D eigenvalue weighted by Crippen LogP contribution is -2.19. The fourth-order valence-electron chi connectivity index (χ4n) is 5.14. The summed E-state index contributed by atoms with van der Waals surface area (Å²) < 4.78 is 0. The van der Waals surface area contributed by atoms with Gasteiger partial charge in [0.15, 0.2) is 0 Å². The summed E-state index contributed by atoms with van der Waals surface area (Å²) in [6.45, 7) is 29.5. The van der Waals surface area contributed by atoms with Crippen molar-refractivity contribution < 1.29 is 0 Å². The zero-order valence-corrected chi connectivity index (χ0v) is 22.6. The van der Waals surface area contributed by atoms with Crippen molar-refractivity contribution in [2.24, 2.45) is 0 Å². The maximum absolute atomic E-state index is 2.56. The summed E-state index contributed by atoms with van der Waals surface area (Å²) in [4.78, 5) is 2.56. The number of aryl methyl sites for hydroxylation is 2. The Morgan fingerprint density at radius 2 is 0.594 bits per heavy atom. The van der Waals surface area contributed by atoms with E-state index in [1.165, 1.54) is 89.4 Å². The minimum Gasteiger partial charge on any atom is -0.309 e. The Hall–Kier alpha value is -2.54. The van der Waals surface area contributed by atoms with Gasteiger partial charge in [-0.2, -0.15) is 0 Å². The van der Waals surface area contributed by atoms with E-state index in [1.54, 1.807) is 0 Å². The molecule has 1 nitrogen and oxygen atoms in total. The van der Waals surface area contributed by atoms with Crippen LogP contribution in [0.1, 0.15) is 72.3 Å². The second-order valence-corrected chi connectivity index (χ2v) is 9.99. The van der Waals surface area contributed by atoms with Crippen LogP contribution in [0, 0.1) is 90.0 Å². The fourth-order valence-corrected chi connectivity index (χ4v) is 5.14. The molecule has 0 heterocycles. The van der Waals surface area contributed by atoms with Crippen LogP contribution < -0.4 is 4.90 Å². The van der Waals surface area contributed by atoms with Crippen LogP contribution in [0.5, 0.6) is 0 Å². The highest BCUT2D eigenvalue weighted by molar-refractivity contribution is 5.87. The normalized spacial score (nSPS) is 11.3. The van der Waals surface area contributed by atoms with Crippen molar-refractivity contribution in [3.8, 4) is 0 Å². The van der Waals surface area contributed by atoms with Crippen molar-refractivity contribution in [3.63, 3.8) is 0 Å². The van der Waals surface area contributed by atoms with Crippen LogP contribution in [0.25, 0.3) is 0 Å². The van der Waals surface area contributed by atoms with E-state index in [9.17, 15) is 0 Å². The first-order valence-electron chi connectivity index (χ1n) is 11.8. The summed E-state index contributed by atoms with van der Waals surface area (Å²) in [5.74, 6) is 0. The minimum atomic E-state index is 1.26. The van der Waals surface area contributed by atoms with E-state index in [4.69, 9.17) is 0 Å². The molecule has 3 aromatic carbocycles. The molecule has 1 heteroatoms. The van der Waals surface area contributed by atoms with Crippen LogP contribution in [0.15, 0.2) is 12.1 Å². The van der Waals surface area contributed by atoms with Crippen LogP contribution in [-0.2, 0) is 0 Å². The standard InChI is InChI=1S/C31H41N/c1-16-14-29(15-17(2)18(16)3)32(30-25(10)21(6)19(4)22(7)26(30)11)31-27(12)23(8)20(5)24(9)28(31)13/h14-15H,1-13H3. The van der Waals surface area contributed by atoms with Gasteiger partial charge >= 0.3 is 0 Å². The van der Waals surface area contributed by atoms with Gasteiger partial charge in [0.05, 0.1) is 11.4 Å². The van der Waals surface area contributed by atoms with Gasteiger partial charge < -0.3 is 4.90 Å². The van der Waals surface area contributed by atoms with Gasteiger partial charge in [0, 0.05) is 5.69 Å². The van der Waals surface area contributed by atoms with Gasteiger partial charge in [-0.05, 0) is 174 Å². The predicted molar refractivity (Wildman–Crippen MR) is 143 cm³/mol. The van der Waals surface area contributed by atoms with Crippen molar-refractivity contribution >= 4 is 17.1 Å². The Bertz CT molecular complexity index is 1090. The molecule has 0 bridgehead atoms. The van der Waals surface area contributed by atoms with E-state index in [2.05, 4.69) is 107 Å². The molecule has 0 saturated heterocycles. The van der Waals surface area contributed by atoms with Gasteiger partial charge in [-0.3, -0.25) is 0 Å². The summed E-state index contributed by atoms with van der Waals surface area (Å²) in [6, 6.07) is 4.74. The number of nitrogens with zero attached hydrogens (tertiary/aromatic N) is 1. The van der Waals surface area contributed by atoms with Gasteiger partial charge in [-0.15, -0.1) is 0 Å². The molecule has 3 rings (SSSR count). The highest BCUT2D eigenvalue weighted by Crippen LogP contribution is 2.46. The van der Waals surface area contributed by atoms with Gasteiger partial charge in [0.1, 0.15) is 0 Å². The van der Waals surface area contributed by atoms with Crippen molar-refractivity contribution in [2.75, 3.05) is 4.90 Å². The number of rotatable bonds is 3. The minimum absolute atomic E-state index is 1.26. The first-order valence-corrected chi connectivity index (χ1v) is 11.8. The zero-order chi connectivity index (χ0) is 24.2. The van der Waals surface area contributed by atoms with Gasteiger partial charge in [0.2, 0.25) is 0 Å². The Kier molecular flexibility index (Phi) is 6.35. The average Bonchev–Trinajstić information content (AvgIpc) is 2.75. The van der Waals surface area contributed by atoms with Gasteiger partial charge in [-0.1, -0.05) is 0 Å². The molecule has 0 aromatic heterocycles. The summed E-state index contributed by atoms with van der Waals surface area (Å²) in [5.41, 5.74) is 21.9. The second-order valence-electron chi connectivity index (χ2n) is 9.99. The maximum atomic E-state index is 2.56. The van der Waals surface area contributed by atoms with Crippen molar-refractivity contribution in [2.45, 2.75) is 90.0 Å². The largest absolute Gasteiger partial charge is 0.309 e. The number of hydrogen-bond donors (Lipinski definition) is 0. The quantitative estimate of drug-likeness (QED) is 0.402. The molecule has 32 heavy (non-hydrogen) atoms. The highest BCUT2D eigenvalue weighted by atomic mass is 15.2. The Morgan fingerprint density at radius 3 is 0.875 bits per heavy atom. The van der Waals surface area contributed by atoms with Gasteiger partial charge in [-0.25, -0.2) is 0 Å². The molecular formula is C31H41N. The van der Waals surface area contributed by atoms with Crippen LogP contribution in [0.4, 0.5) is 17.1 Å². The van der Waals surface area contributed by atoms with Crippen molar-refractivity contribution in [3.05, 3.63) is 84.5 Å². The molecule has 3 aromatic rings. The lowest BCUT2D eigenvalue weighted by Gasteiger charge is -2.35.